The van der Waals surface area contributed by atoms with Crippen molar-refractivity contribution in [1.82, 2.24) is 29.9 Å². The van der Waals surface area contributed by atoms with Crippen molar-refractivity contribution in [2.24, 2.45) is 0 Å². The number of hydrogen-bond donors (Lipinski definition) is 2. The van der Waals surface area contributed by atoms with E-state index in [1.54, 1.807) is 17.0 Å². The fourth-order valence-corrected chi connectivity index (χ4v) is 7.20. The van der Waals surface area contributed by atoms with E-state index in [1.807, 2.05) is 41.3 Å². The molecule has 0 spiro atoms. The van der Waals surface area contributed by atoms with Gasteiger partial charge in [-0.15, -0.1) is 0 Å². The van der Waals surface area contributed by atoms with Gasteiger partial charge >= 0.3 is 0 Å². The lowest BCUT2D eigenvalue weighted by molar-refractivity contribution is -0.140. The number of likely N-dealkylation sites (N-methyl/N-ethyl adjacent to an activating group) is 1. The average molecular weight is 649 g/mol. The molecule has 248 valence electrons. The summed E-state index contributed by atoms with van der Waals surface area (Å²) in [6.45, 7) is 4.92. The number of fused-ring (bicyclic) bond motifs is 1. The van der Waals surface area contributed by atoms with Crippen molar-refractivity contribution in [3.05, 3.63) is 70.4 Å². The number of aromatic nitrogens is 1. The van der Waals surface area contributed by atoms with Crippen LogP contribution in [0.3, 0.4) is 0 Å². The van der Waals surface area contributed by atoms with Crippen LogP contribution in [0.4, 0.5) is 0 Å². The number of amides is 3. The van der Waals surface area contributed by atoms with E-state index >= 15 is 0 Å². The van der Waals surface area contributed by atoms with Gasteiger partial charge in [0.2, 0.25) is 11.8 Å². The molecule has 0 radical (unpaired) electrons. The second-order valence-corrected chi connectivity index (χ2v) is 13.7. The number of carbonyl (C=O) groups excluding carboxylic acids is 3. The molecule has 1 aromatic heterocycles. The molecule has 5 rings (SSSR count). The summed E-state index contributed by atoms with van der Waals surface area (Å²) >= 11 is 6.43. The van der Waals surface area contributed by atoms with Gasteiger partial charge < -0.3 is 29.9 Å². The Morgan fingerprint density at radius 2 is 1.74 bits per heavy atom. The predicted octanol–water partition coefficient (Wildman–Crippen LogP) is 5.46. The van der Waals surface area contributed by atoms with Gasteiger partial charge in [-0.1, -0.05) is 67.3 Å². The molecule has 10 heteroatoms. The molecule has 1 aliphatic heterocycles. The smallest absolute Gasteiger partial charge is 0.270 e. The second-order valence-electron chi connectivity index (χ2n) is 13.3. The van der Waals surface area contributed by atoms with Crippen LogP contribution in [0.1, 0.15) is 79.5 Å². The number of aromatic amines is 1. The summed E-state index contributed by atoms with van der Waals surface area (Å²) in [7, 11) is 6.29. The van der Waals surface area contributed by atoms with Crippen LogP contribution in [-0.4, -0.2) is 102 Å². The summed E-state index contributed by atoms with van der Waals surface area (Å²) in [5.74, 6) is -0.664. The van der Waals surface area contributed by atoms with Gasteiger partial charge in [0.15, 0.2) is 0 Å². The Morgan fingerprint density at radius 3 is 2.43 bits per heavy atom. The van der Waals surface area contributed by atoms with E-state index in [1.165, 1.54) is 6.92 Å². The molecule has 1 saturated carbocycles. The first-order valence-electron chi connectivity index (χ1n) is 16.7. The van der Waals surface area contributed by atoms with Crippen molar-refractivity contribution < 1.29 is 14.4 Å². The van der Waals surface area contributed by atoms with E-state index in [-0.39, 0.29) is 36.3 Å². The lowest BCUT2D eigenvalue weighted by atomic mass is 9.94. The van der Waals surface area contributed by atoms with Crippen LogP contribution in [-0.2, 0) is 16.1 Å². The van der Waals surface area contributed by atoms with Gasteiger partial charge in [0.1, 0.15) is 11.7 Å². The Labute approximate surface area is 278 Å². The maximum absolute atomic E-state index is 14.5. The predicted molar refractivity (Wildman–Crippen MR) is 184 cm³/mol. The second kappa shape index (κ2) is 15.5. The third kappa shape index (κ3) is 8.11. The molecule has 1 unspecified atom stereocenters. The van der Waals surface area contributed by atoms with Gasteiger partial charge in [0, 0.05) is 60.1 Å². The number of nitrogens with zero attached hydrogens (tertiary/aromatic N) is 4. The third-order valence-corrected chi connectivity index (χ3v) is 9.83. The number of rotatable bonds is 12. The summed E-state index contributed by atoms with van der Waals surface area (Å²) < 4.78 is 0. The first kappa shape index (κ1) is 33.9. The molecule has 2 N–H and O–H groups in total. The summed E-state index contributed by atoms with van der Waals surface area (Å²) in [6.07, 6.45) is 7.03. The molecule has 9 nitrogen and oxygen atoms in total. The van der Waals surface area contributed by atoms with Crippen molar-refractivity contribution in [3.8, 4) is 0 Å². The Hall–Kier alpha value is -3.40. The zero-order valence-electron chi connectivity index (χ0n) is 27.7. The largest absolute Gasteiger partial charge is 0.351 e. The number of hydrogen-bond acceptors (Lipinski definition) is 5. The number of likely N-dealkylation sites (tertiary alicyclic amines) is 1. The van der Waals surface area contributed by atoms with Crippen LogP contribution in [0.25, 0.3) is 10.9 Å². The third-order valence-electron chi connectivity index (χ3n) is 9.59. The summed E-state index contributed by atoms with van der Waals surface area (Å²) in [6, 6.07) is 14.4. The minimum atomic E-state index is -1.01. The Balaban J connectivity index is 1.53. The van der Waals surface area contributed by atoms with Crippen molar-refractivity contribution >= 4 is 40.2 Å². The van der Waals surface area contributed by atoms with Crippen LogP contribution in [0.5, 0.6) is 0 Å². The average Bonchev–Trinajstić information content (AvgIpc) is 3.67. The Kier molecular flexibility index (Phi) is 11.4. The van der Waals surface area contributed by atoms with E-state index in [0.717, 1.165) is 63.6 Å². The van der Waals surface area contributed by atoms with Crippen molar-refractivity contribution in [3.63, 3.8) is 0 Å². The van der Waals surface area contributed by atoms with Crippen molar-refractivity contribution in [2.45, 2.75) is 76.5 Å². The Bertz CT molecular complexity index is 1500. The maximum Gasteiger partial charge on any atom is 0.270 e. The molecular formula is C36H49ClN6O3. The quantitative estimate of drug-likeness (QED) is 0.272. The molecule has 1 aliphatic carbocycles. The number of halogens is 1. The number of H-pyrrole nitrogens is 1. The first-order chi connectivity index (χ1) is 22.1. The zero-order chi connectivity index (χ0) is 32.8. The summed E-state index contributed by atoms with van der Waals surface area (Å²) in [4.78, 5) is 53.8. The van der Waals surface area contributed by atoms with E-state index < -0.39 is 6.04 Å². The standard InChI is InChI=1S/C36H49ClN6O3/c1-25(44)43(23-26-12-7-5-8-13-26)34(35(45)38-28-14-9-6-10-15-28)32-30-17-16-27(37)22-31(30)39-33(32)36(46)42-21-18-29(24-42)41(4)20-11-19-40(2)3/h5,7-8,12-13,16-17,22,28-29,34,39H,6,9-11,14-15,18-21,23-24H2,1-4H3,(H,38,45)/t29-,34?/m0/s1. The molecule has 3 aromatic rings. The van der Waals surface area contributed by atoms with Crippen LogP contribution in [0.15, 0.2) is 48.5 Å². The van der Waals surface area contributed by atoms with E-state index in [0.29, 0.717) is 40.3 Å². The van der Waals surface area contributed by atoms with E-state index in [9.17, 15) is 14.4 Å². The monoisotopic (exact) mass is 648 g/mol. The lowest BCUT2D eigenvalue weighted by Gasteiger charge is -2.33. The van der Waals surface area contributed by atoms with Crippen LogP contribution >= 0.6 is 11.6 Å². The number of carbonyl (C=O) groups is 3. The molecule has 2 aromatic carbocycles. The lowest BCUT2D eigenvalue weighted by Crippen LogP contribution is -2.47. The zero-order valence-corrected chi connectivity index (χ0v) is 28.5. The molecule has 2 heterocycles. The highest BCUT2D eigenvalue weighted by atomic mass is 35.5. The van der Waals surface area contributed by atoms with E-state index in [2.05, 4.69) is 41.2 Å². The van der Waals surface area contributed by atoms with Crippen LogP contribution in [0, 0.1) is 0 Å². The first-order valence-corrected chi connectivity index (χ1v) is 17.1. The normalized spacial score (nSPS) is 18.0. The van der Waals surface area contributed by atoms with Gasteiger partial charge in [-0.25, -0.2) is 0 Å². The highest BCUT2D eigenvalue weighted by Crippen LogP contribution is 2.36. The van der Waals surface area contributed by atoms with Crippen molar-refractivity contribution in [2.75, 3.05) is 47.3 Å². The Morgan fingerprint density at radius 1 is 1.00 bits per heavy atom. The number of nitrogens with one attached hydrogen (secondary N) is 2. The van der Waals surface area contributed by atoms with Crippen LogP contribution in [0.2, 0.25) is 5.02 Å². The molecule has 46 heavy (non-hydrogen) atoms. The summed E-state index contributed by atoms with van der Waals surface area (Å²) in [5, 5.41) is 4.52. The van der Waals surface area contributed by atoms with Gasteiger partial charge in [-0.2, -0.15) is 0 Å². The fourth-order valence-electron chi connectivity index (χ4n) is 7.03. The fraction of sp³-hybridized carbons (Fsp3) is 0.528. The van der Waals surface area contributed by atoms with Gasteiger partial charge in [-0.3, -0.25) is 14.4 Å². The number of benzene rings is 2. The SMILES string of the molecule is CC(=O)N(Cc1ccccc1)C(C(=O)NC1CCCCC1)c1c(C(=O)N2CC[C@H](N(C)CCCN(C)C)C2)[nH]c2cc(Cl)ccc12. The molecule has 2 aliphatic rings. The van der Waals surface area contributed by atoms with Gasteiger partial charge in [0.25, 0.3) is 5.91 Å². The molecular weight excluding hydrogens is 600 g/mol. The van der Waals surface area contributed by atoms with Crippen molar-refractivity contribution in [1.29, 1.82) is 0 Å². The topological polar surface area (TPSA) is 92.0 Å². The van der Waals surface area contributed by atoms with E-state index in [4.69, 9.17) is 11.6 Å². The van der Waals surface area contributed by atoms with Gasteiger partial charge in [0.05, 0.1) is 0 Å². The highest BCUT2D eigenvalue weighted by Gasteiger charge is 2.39. The molecule has 3 amide bonds. The molecule has 1 saturated heterocycles. The molecule has 2 fully saturated rings. The molecule has 0 bridgehead atoms. The highest BCUT2D eigenvalue weighted by molar-refractivity contribution is 6.31. The minimum absolute atomic E-state index is 0.0375. The van der Waals surface area contributed by atoms with Crippen LogP contribution < -0.4 is 5.32 Å². The van der Waals surface area contributed by atoms with Gasteiger partial charge in [-0.05, 0) is 77.6 Å². The maximum atomic E-state index is 14.5. The minimum Gasteiger partial charge on any atom is -0.351 e. The summed E-state index contributed by atoms with van der Waals surface area (Å²) in [5.41, 5.74) is 2.44. The molecule has 2 atom stereocenters.